The van der Waals surface area contributed by atoms with Crippen LogP contribution in [0.3, 0.4) is 0 Å². The van der Waals surface area contributed by atoms with Crippen LogP contribution in [-0.2, 0) is 9.59 Å². The summed E-state index contributed by atoms with van der Waals surface area (Å²) in [4.78, 5) is 29.4. The Hall–Kier alpha value is -2.43. The number of nitrogens with one attached hydrogen (secondary N) is 2. The largest absolute Gasteiger partial charge is 0.356 e. The second-order valence-corrected chi connectivity index (χ2v) is 7.89. The van der Waals surface area contributed by atoms with Gasteiger partial charge in [-0.25, -0.2) is 0 Å². The third-order valence-corrected chi connectivity index (χ3v) is 5.38. The molecule has 0 spiro atoms. The number of fused-ring (bicyclic) bond motifs is 1. The monoisotopic (exact) mass is 367 g/mol. The maximum absolute atomic E-state index is 12.7. The van der Waals surface area contributed by atoms with E-state index in [2.05, 4.69) is 29.5 Å². The van der Waals surface area contributed by atoms with Crippen LogP contribution in [0.2, 0.25) is 0 Å². The molecule has 3 rings (SSSR count). The summed E-state index contributed by atoms with van der Waals surface area (Å²) in [6.07, 6.45) is 5.81. The first kappa shape index (κ1) is 19.3. The van der Waals surface area contributed by atoms with Crippen molar-refractivity contribution in [1.29, 1.82) is 0 Å². The number of carbonyl (C=O) groups excluding carboxylic acids is 2. The smallest absolute Gasteiger partial charge is 0.227 e. The van der Waals surface area contributed by atoms with E-state index in [4.69, 9.17) is 0 Å². The molecule has 5 nitrogen and oxygen atoms in total. The first-order chi connectivity index (χ1) is 13.0. The summed E-state index contributed by atoms with van der Waals surface area (Å²) >= 11 is 0. The van der Waals surface area contributed by atoms with Crippen LogP contribution >= 0.6 is 0 Å². The Morgan fingerprint density at radius 1 is 1.04 bits per heavy atom. The minimum absolute atomic E-state index is 0.0341. The number of aromatic nitrogens is 1. The van der Waals surface area contributed by atoms with Gasteiger partial charge in [-0.05, 0) is 50.2 Å². The van der Waals surface area contributed by atoms with E-state index in [-0.39, 0.29) is 23.7 Å². The van der Waals surface area contributed by atoms with Crippen LogP contribution in [-0.4, -0.2) is 23.3 Å². The van der Waals surface area contributed by atoms with Crippen LogP contribution in [0.5, 0.6) is 0 Å². The van der Waals surface area contributed by atoms with Gasteiger partial charge in [-0.3, -0.25) is 14.6 Å². The van der Waals surface area contributed by atoms with E-state index < -0.39 is 0 Å². The summed E-state index contributed by atoms with van der Waals surface area (Å²) in [5, 5.41) is 7.09. The lowest BCUT2D eigenvalue weighted by Gasteiger charge is -2.27. The predicted molar refractivity (Wildman–Crippen MR) is 108 cm³/mol. The van der Waals surface area contributed by atoms with Gasteiger partial charge in [0.05, 0.1) is 11.2 Å². The molecule has 1 aliphatic carbocycles. The number of carbonyl (C=O) groups is 2. The van der Waals surface area contributed by atoms with E-state index in [1.165, 1.54) is 0 Å². The number of hydrogen-bond donors (Lipinski definition) is 2. The van der Waals surface area contributed by atoms with Crippen LogP contribution in [0.15, 0.2) is 36.5 Å². The average molecular weight is 367 g/mol. The average Bonchev–Trinajstić information content (AvgIpc) is 2.68. The van der Waals surface area contributed by atoms with Gasteiger partial charge in [0.2, 0.25) is 11.8 Å². The molecule has 1 heterocycles. The quantitative estimate of drug-likeness (QED) is 0.806. The highest BCUT2D eigenvalue weighted by Gasteiger charge is 2.30. The molecule has 1 aliphatic rings. The van der Waals surface area contributed by atoms with Gasteiger partial charge in [0, 0.05) is 30.0 Å². The van der Waals surface area contributed by atoms with E-state index in [1.54, 1.807) is 6.20 Å². The summed E-state index contributed by atoms with van der Waals surface area (Å²) in [7, 11) is 0. The number of anilines is 1. The zero-order valence-corrected chi connectivity index (χ0v) is 16.2. The molecule has 27 heavy (non-hydrogen) atoms. The summed E-state index contributed by atoms with van der Waals surface area (Å²) in [5.41, 5.74) is 1.57. The molecule has 0 unspecified atom stereocenters. The molecule has 2 N–H and O–H groups in total. The SMILES string of the molecule is CC(C)CCNC(=O)C1CCC(C(=O)Nc2cccc3cccnc23)CC1. The van der Waals surface area contributed by atoms with E-state index in [0.29, 0.717) is 5.92 Å². The fraction of sp³-hybridized carbons (Fsp3) is 0.500. The van der Waals surface area contributed by atoms with E-state index in [0.717, 1.165) is 55.2 Å². The Kier molecular flexibility index (Phi) is 6.43. The highest BCUT2D eigenvalue weighted by molar-refractivity contribution is 6.01. The Bertz CT molecular complexity index is 790. The van der Waals surface area contributed by atoms with Crippen LogP contribution in [0.1, 0.15) is 46.0 Å². The van der Waals surface area contributed by atoms with Crippen molar-refractivity contribution >= 4 is 28.4 Å². The molecular formula is C22H29N3O2. The zero-order chi connectivity index (χ0) is 19.2. The molecule has 1 saturated carbocycles. The Labute approximate surface area is 160 Å². The molecule has 2 amide bonds. The van der Waals surface area contributed by atoms with Crippen molar-refractivity contribution in [3.05, 3.63) is 36.5 Å². The molecule has 0 aliphatic heterocycles. The third-order valence-electron chi connectivity index (χ3n) is 5.38. The van der Waals surface area contributed by atoms with Gasteiger partial charge in [0.1, 0.15) is 0 Å². The summed E-state index contributed by atoms with van der Waals surface area (Å²) in [6.45, 7) is 5.05. The maximum Gasteiger partial charge on any atom is 0.227 e. The van der Waals surface area contributed by atoms with E-state index >= 15 is 0 Å². The van der Waals surface area contributed by atoms with Crippen molar-refractivity contribution < 1.29 is 9.59 Å². The van der Waals surface area contributed by atoms with Crippen molar-refractivity contribution in [2.24, 2.45) is 17.8 Å². The lowest BCUT2D eigenvalue weighted by atomic mass is 9.81. The predicted octanol–water partition coefficient (Wildman–Crippen LogP) is 4.14. The molecule has 1 aromatic carbocycles. The number of rotatable bonds is 6. The topological polar surface area (TPSA) is 71.1 Å². The minimum atomic E-state index is -0.0383. The molecule has 0 radical (unpaired) electrons. The van der Waals surface area contributed by atoms with Gasteiger partial charge in [-0.2, -0.15) is 0 Å². The fourth-order valence-electron chi connectivity index (χ4n) is 3.69. The minimum Gasteiger partial charge on any atom is -0.356 e. The van der Waals surface area contributed by atoms with Crippen LogP contribution < -0.4 is 10.6 Å². The zero-order valence-electron chi connectivity index (χ0n) is 16.2. The molecule has 0 bridgehead atoms. The number of nitrogens with zero attached hydrogens (tertiary/aromatic N) is 1. The molecule has 2 aromatic rings. The molecule has 1 fully saturated rings. The lowest BCUT2D eigenvalue weighted by Crippen LogP contribution is -2.36. The van der Waals surface area contributed by atoms with Crippen molar-refractivity contribution in [2.45, 2.75) is 46.0 Å². The number of benzene rings is 1. The molecule has 144 valence electrons. The second-order valence-electron chi connectivity index (χ2n) is 7.89. The lowest BCUT2D eigenvalue weighted by molar-refractivity contribution is -0.128. The number of hydrogen-bond acceptors (Lipinski definition) is 3. The van der Waals surface area contributed by atoms with Gasteiger partial charge in [-0.1, -0.05) is 32.0 Å². The van der Waals surface area contributed by atoms with Crippen molar-refractivity contribution in [3.63, 3.8) is 0 Å². The fourth-order valence-corrected chi connectivity index (χ4v) is 3.69. The molecule has 1 aromatic heterocycles. The van der Waals surface area contributed by atoms with Gasteiger partial charge < -0.3 is 10.6 Å². The maximum atomic E-state index is 12.7. The van der Waals surface area contributed by atoms with Crippen molar-refractivity contribution in [2.75, 3.05) is 11.9 Å². The van der Waals surface area contributed by atoms with Gasteiger partial charge in [0.25, 0.3) is 0 Å². The normalized spacial score (nSPS) is 19.8. The number of para-hydroxylation sites is 1. The number of pyridine rings is 1. The summed E-state index contributed by atoms with van der Waals surface area (Å²) in [6, 6.07) is 9.68. The molecule has 0 atom stereocenters. The third kappa shape index (κ3) is 5.06. The highest BCUT2D eigenvalue weighted by atomic mass is 16.2. The standard InChI is InChI=1S/C22H29N3O2/c1-15(2)12-14-24-21(26)17-8-10-18(11-9-17)22(27)25-19-7-3-5-16-6-4-13-23-20(16)19/h3-7,13,15,17-18H,8-12,14H2,1-2H3,(H,24,26)(H,25,27). The van der Waals surface area contributed by atoms with Gasteiger partial charge in [0.15, 0.2) is 0 Å². The first-order valence-electron chi connectivity index (χ1n) is 9.97. The van der Waals surface area contributed by atoms with Crippen molar-refractivity contribution in [1.82, 2.24) is 10.3 Å². The van der Waals surface area contributed by atoms with Gasteiger partial charge >= 0.3 is 0 Å². The van der Waals surface area contributed by atoms with E-state index in [9.17, 15) is 9.59 Å². The highest BCUT2D eigenvalue weighted by Crippen LogP contribution is 2.30. The van der Waals surface area contributed by atoms with Crippen LogP contribution in [0.25, 0.3) is 10.9 Å². The van der Waals surface area contributed by atoms with Crippen LogP contribution in [0.4, 0.5) is 5.69 Å². The van der Waals surface area contributed by atoms with Crippen molar-refractivity contribution in [3.8, 4) is 0 Å². The summed E-state index contributed by atoms with van der Waals surface area (Å²) in [5.74, 6) is 0.775. The number of amides is 2. The second kappa shape index (κ2) is 8.98. The molecule has 5 heteroatoms. The van der Waals surface area contributed by atoms with Gasteiger partial charge in [-0.15, -0.1) is 0 Å². The van der Waals surface area contributed by atoms with Crippen LogP contribution in [0, 0.1) is 17.8 Å². The first-order valence-corrected chi connectivity index (χ1v) is 9.97. The Balaban J connectivity index is 1.52. The molecular weight excluding hydrogens is 338 g/mol. The summed E-state index contributed by atoms with van der Waals surface area (Å²) < 4.78 is 0. The Morgan fingerprint density at radius 2 is 1.70 bits per heavy atom. The van der Waals surface area contributed by atoms with E-state index in [1.807, 2.05) is 30.3 Å². The molecule has 0 saturated heterocycles. The Morgan fingerprint density at radius 3 is 2.41 bits per heavy atom.